The van der Waals surface area contributed by atoms with Crippen LogP contribution in [0.1, 0.15) is 40.0 Å². The zero-order valence-corrected chi connectivity index (χ0v) is 19.4. The van der Waals surface area contributed by atoms with Gasteiger partial charge < -0.3 is 24.6 Å². The monoisotopic (exact) mass is 439 g/mol. The molecule has 0 bridgehead atoms. The van der Waals surface area contributed by atoms with E-state index in [0.29, 0.717) is 41.9 Å². The molecule has 2 amide bonds. The third-order valence-corrected chi connectivity index (χ3v) is 5.17. The fourth-order valence-electron chi connectivity index (χ4n) is 3.56. The minimum Gasteiger partial charge on any atom is -0.495 e. The second-order valence-electron chi connectivity index (χ2n) is 8.81. The minimum atomic E-state index is -0.497. The number of benzene rings is 1. The maximum atomic E-state index is 12.4. The van der Waals surface area contributed by atoms with Crippen LogP contribution in [0.15, 0.2) is 18.2 Å². The van der Waals surface area contributed by atoms with Crippen molar-refractivity contribution in [3.05, 3.63) is 23.2 Å². The number of piperidine rings is 1. The van der Waals surface area contributed by atoms with Gasteiger partial charge >= 0.3 is 6.09 Å². The number of anilines is 1. The largest absolute Gasteiger partial charge is 0.495 e. The summed E-state index contributed by atoms with van der Waals surface area (Å²) in [7, 11) is 3.33. The summed E-state index contributed by atoms with van der Waals surface area (Å²) in [6.07, 6.45) is 2.20. The van der Waals surface area contributed by atoms with Crippen molar-refractivity contribution in [2.24, 2.45) is 5.92 Å². The lowest BCUT2D eigenvalue weighted by Crippen LogP contribution is -2.43. The molecule has 1 aliphatic heterocycles. The summed E-state index contributed by atoms with van der Waals surface area (Å²) in [5, 5.41) is 3.42. The topological polar surface area (TPSA) is 71.1 Å². The summed E-state index contributed by atoms with van der Waals surface area (Å²) in [5.74, 6) is 0.867. The average molecular weight is 440 g/mol. The number of hydrogen-bond donors (Lipinski definition) is 1. The molecule has 30 heavy (non-hydrogen) atoms. The highest BCUT2D eigenvalue weighted by Gasteiger charge is 2.25. The lowest BCUT2D eigenvalue weighted by Gasteiger charge is -2.35. The van der Waals surface area contributed by atoms with Crippen LogP contribution in [-0.4, -0.2) is 67.7 Å². The van der Waals surface area contributed by atoms with Crippen LogP contribution in [0.25, 0.3) is 0 Å². The Hall–Kier alpha value is -1.99. The first kappa shape index (κ1) is 24.3. The quantitative estimate of drug-likeness (QED) is 0.687. The van der Waals surface area contributed by atoms with Crippen molar-refractivity contribution in [1.29, 1.82) is 0 Å². The van der Waals surface area contributed by atoms with Crippen LogP contribution < -0.4 is 10.1 Å². The van der Waals surface area contributed by atoms with E-state index in [4.69, 9.17) is 21.1 Å². The van der Waals surface area contributed by atoms with Crippen molar-refractivity contribution >= 4 is 29.3 Å². The van der Waals surface area contributed by atoms with Gasteiger partial charge in [0.1, 0.15) is 11.4 Å². The summed E-state index contributed by atoms with van der Waals surface area (Å²) in [6, 6.07) is 5.13. The maximum Gasteiger partial charge on any atom is 0.410 e. The Morgan fingerprint density at radius 2 is 2.07 bits per heavy atom. The van der Waals surface area contributed by atoms with Crippen molar-refractivity contribution in [3.63, 3.8) is 0 Å². The van der Waals surface area contributed by atoms with E-state index in [9.17, 15) is 9.59 Å². The van der Waals surface area contributed by atoms with Gasteiger partial charge in [-0.05, 0) is 64.3 Å². The predicted octanol–water partition coefficient (Wildman–Crippen LogP) is 4.26. The van der Waals surface area contributed by atoms with Crippen LogP contribution in [-0.2, 0) is 9.53 Å². The summed E-state index contributed by atoms with van der Waals surface area (Å²) in [5.41, 5.74) is 0.0775. The van der Waals surface area contributed by atoms with Gasteiger partial charge in [-0.15, -0.1) is 0 Å². The maximum absolute atomic E-state index is 12.4. The van der Waals surface area contributed by atoms with Gasteiger partial charge in [0, 0.05) is 38.1 Å². The molecule has 2 rings (SSSR count). The molecule has 8 heteroatoms. The molecule has 0 aromatic heterocycles. The highest BCUT2D eigenvalue weighted by molar-refractivity contribution is 6.31. The van der Waals surface area contributed by atoms with Crippen molar-refractivity contribution in [2.45, 2.75) is 45.6 Å². The molecule has 1 unspecified atom stereocenters. The predicted molar refractivity (Wildman–Crippen MR) is 119 cm³/mol. The molecule has 0 radical (unpaired) electrons. The van der Waals surface area contributed by atoms with Gasteiger partial charge in [-0.1, -0.05) is 11.6 Å². The molecule has 1 aliphatic rings. The van der Waals surface area contributed by atoms with Gasteiger partial charge in [0.05, 0.1) is 12.8 Å². The molecule has 7 nitrogen and oxygen atoms in total. The SMILES string of the molecule is COc1ccc(Cl)cc1NC(=O)CCN1CCCC(CN(C)C(=O)OC(C)(C)C)C1. The van der Waals surface area contributed by atoms with Crippen molar-refractivity contribution in [2.75, 3.05) is 45.7 Å². The Morgan fingerprint density at radius 3 is 2.73 bits per heavy atom. The van der Waals surface area contributed by atoms with E-state index < -0.39 is 5.60 Å². The number of carbonyl (C=O) groups excluding carboxylic acids is 2. The number of likely N-dealkylation sites (tertiary alicyclic amines) is 1. The number of hydrogen-bond acceptors (Lipinski definition) is 5. The number of ether oxygens (including phenoxy) is 2. The fraction of sp³-hybridized carbons (Fsp3) is 0.636. The molecule has 1 fully saturated rings. The molecule has 1 saturated heterocycles. The van der Waals surface area contributed by atoms with Gasteiger partial charge in [-0.3, -0.25) is 4.79 Å². The summed E-state index contributed by atoms with van der Waals surface area (Å²) in [6.45, 7) is 8.74. The number of amides is 2. The van der Waals surface area contributed by atoms with Crippen LogP contribution in [0.4, 0.5) is 10.5 Å². The number of methoxy groups -OCH3 is 1. The van der Waals surface area contributed by atoms with Crippen molar-refractivity contribution in [1.82, 2.24) is 9.80 Å². The van der Waals surface area contributed by atoms with E-state index in [-0.39, 0.29) is 12.0 Å². The summed E-state index contributed by atoms with van der Waals surface area (Å²) < 4.78 is 10.7. The van der Waals surface area contributed by atoms with Crippen LogP contribution >= 0.6 is 11.6 Å². The molecule has 1 aromatic rings. The fourth-order valence-corrected chi connectivity index (χ4v) is 3.73. The third-order valence-electron chi connectivity index (χ3n) is 4.93. The molecular formula is C22H34ClN3O4. The van der Waals surface area contributed by atoms with Crippen LogP contribution in [0.2, 0.25) is 5.02 Å². The minimum absolute atomic E-state index is 0.0800. The second-order valence-corrected chi connectivity index (χ2v) is 9.25. The van der Waals surface area contributed by atoms with E-state index in [1.807, 2.05) is 20.8 Å². The van der Waals surface area contributed by atoms with Crippen molar-refractivity contribution < 1.29 is 19.1 Å². The second kappa shape index (κ2) is 10.9. The Labute approximate surface area is 184 Å². The van der Waals surface area contributed by atoms with E-state index in [1.165, 1.54) is 0 Å². The smallest absolute Gasteiger partial charge is 0.410 e. The highest BCUT2D eigenvalue weighted by atomic mass is 35.5. The van der Waals surface area contributed by atoms with E-state index >= 15 is 0 Å². The first-order valence-electron chi connectivity index (χ1n) is 10.4. The molecule has 1 N–H and O–H groups in total. The summed E-state index contributed by atoms with van der Waals surface area (Å²) in [4.78, 5) is 28.5. The Kier molecular flexibility index (Phi) is 8.79. The normalized spacial score (nSPS) is 17.3. The number of carbonyl (C=O) groups is 2. The highest BCUT2D eigenvalue weighted by Crippen LogP contribution is 2.28. The number of rotatable bonds is 7. The number of nitrogens with one attached hydrogen (secondary N) is 1. The number of nitrogens with zero attached hydrogens (tertiary/aromatic N) is 2. The molecule has 0 aliphatic carbocycles. The van der Waals surface area contributed by atoms with Gasteiger partial charge in [0.2, 0.25) is 5.91 Å². The number of halogens is 1. The van der Waals surface area contributed by atoms with Crippen LogP contribution in [0.5, 0.6) is 5.75 Å². The molecular weight excluding hydrogens is 406 g/mol. The molecule has 1 aromatic carbocycles. The van der Waals surface area contributed by atoms with Crippen LogP contribution in [0, 0.1) is 5.92 Å². The van der Waals surface area contributed by atoms with Gasteiger partial charge in [-0.2, -0.15) is 0 Å². The van der Waals surface area contributed by atoms with Gasteiger partial charge in [-0.25, -0.2) is 4.79 Å². The first-order chi connectivity index (χ1) is 14.1. The molecule has 0 spiro atoms. The molecule has 168 valence electrons. The van der Waals surface area contributed by atoms with E-state index in [1.54, 1.807) is 37.3 Å². The molecule has 1 heterocycles. The zero-order valence-electron chi connectivity index (χ0n) is 18.7. The van der Waals surface area contributed by atoms with E-state index in [0.717, 1.165) is 25.9 Å². The lowest BCUT2D eigenvalue weighted by atomic mass is 9.97. The third kappa shape index (κ3) is 8.03. The zero-order chi connectivity index (χ0) is 22.3. The standard InChI is InChI=1S/C22H34ClN3O4/c1-22(2,3)30-21(28)25(4)14-16-7-6-11-26(15-16)12-10-20(27)24-18-13-17(23)8-9-19(18)29-5/h8-9,13,16H,6-7,10-12,14-15H2,1-5H3,(H,24,27). The van der Waals surface area contributed by atoms with Gasteiger partial charge in [0.25, 0.3) is 0 Å². The Morgan fingerprint density at radius 1 is 1.33 bits per heavy atom. The first-order valence-corrected chi connectivity index (χ1v) is 10.7. The van der Waals surface area contributed by atoms with E-state index in [2.05, 4.69) is 10.2 Å². The molecule has 1 atom stereocenters. The lowest BCUT2D eigenvalue weighted by molar-refractivity contribution is -0.116. The molecule has 0 saturated carbocycles. The van der Waals surface area contributed by atoms with Crippen molar-refractivity contribution in [3.8, 4) is 5.75 Å². The Bertz CT molecular complexity index is 736. The van der Waals surface area contributed by atoms with Crippen LogP contribution in [0.3, 0.4) is 0 Å². The summed E-state index contributed by atoms with van der Waals surface area (Å²) >= 11 is 6.02. The average Bonchev–Trinajstić information content (AvgIpc) is 2.65. The van der Waals surface area contributed by atoms with Gasteiger partial charge in [0.15, 0.2) is 0 Å². The Balaban J connectivity index is 1.80.